The second-order valence-corrected chi connectivity index (χ2v) is 5.17. The van der Waals surface area contributed by atoms with Crippen LogP contribution in [0.15, 0.2) is 30.3 Å². The predicted molar refractivity (Wildman–Crippen MR) is 70.3 cm³/mol. The minimum Gasteiger partial charge on any atom is -0.434 e. The van der Waals surface area contributed by atoms with E-state index in [-0.39, 0.29) is 12.0 Å². The molecule has 0 bridgehead atoms. The van der Waals surface area contributed by atoms with Crippen molar-refractivity contribution in [2.75, 3.05) is 13.1 Å². The van der Waals surface area contributed by atoms with Gasteiger partial charge in [-0.05, 0) is 31.5 Å². The van der Waals surface area contributed by atoms with Crippen molar-refractivity contribution in [2.24, 2.45) is 0 Å². The molecule has 2 saturated heterocycles. The van der Waals surface area contributed by atoms with Crippen molar-refractivity contribution in [2.45, 2.75) is 38.2 Å². The van der Waals surface area contributed by atoms with Gasteiger partial charge in [0.25, 0.3) is 0 Å². The number of rotatable bonds is 4. The molecule has 0 saturated carbocycles. The highest BCUT2D eigenvalue weighted by Gasteiger charge is 2.40. The SMILES string of the molecule is O=C1CC(N2CCCC2)C(OCc2ccccc2)O1. The second kappa shape index (κ2) is 5.72. The number of likely N-dealkylation sites (tertiary alicyclic amines) is 1. The third kappa shape index (κ3) is 2.96. The van der Waals surface area contributed by atoms with Crippen molar-refractivity contribution >= 4 is 5.97 Å². The van der Waals surface area contributed by atoms with Gasteiger partial charge in [0.15, 0.2) is 0 Å². The van der Waals surface area contributed by atoms with E-state index in [2.05, 4.69) is 4.90 Å². The monoisotopic (exact) mass is 261 g/mol. The quantitative estimate of drug-likeness (QED) is 0.776. The molecule has 2 heterocycles. The maximum absolute atomic E-state index is 11.5. The van der Waals surface area contributed by atoms with Crippen molar-refractivity contribution in [1.82, 2.24) is 4.90 Å². The molecule has 4 nitrogen and oxygen atoms in total. The van der Waals surface area contributed by atoms with Crippen LogP contribution < -0.4 is 0 Å². The van der Waals surface area contributed by atoms with Crippen LogP contribution >= 0.6 is 0 Å². The van der Waals surface area contributed by atoms with E-state index in [1.807, 2.05) is 30.3 Å². The number of ether oxygens (including phenoxy) is 2. The Bertz CT molecular complexity index is 428. The first kappa shape index (κ1) is 12.6. The average Bonchev–Trinajstić information content (AvgIpc) is 3.06. The second-order valence-electron chi connectivity index (χ2n) is 5.17. The Labute approximate surface area is 113 Å². The fourth-order valence-corrected chi connectivity index (χ4v) is 2.80. The summed E-state index contributed by atoms with van der Waals surface area (Å²) in [6.45, 7) is 2.59. The third-order valence-corrected chi connectivity index (χ3v) is 3.80. The predicted octanol–water partition coefficient (Wildman–Crippen LogP) is 1.94. The summed E-state index contributed by atoms with van der Waals surface area (Å²) in [5.41, 5.74) is 1.10. The molecule has 1 aromatic carbocycles. The molecule has 102 valence electrons. The molecule has 2 atom stereocenters. The van der Waals surface area contributed by atoms with Gasteiger partial charge in [-0.1, -0.05) is 30.3 Å². The lowest BCUT2D eigenvalue weighted by Crippen LogP contribution is -2.40. The lowest BCUT2D eigenvalue weighted by Gasteiger charge is -2.26. The topological polar surface area (TPSA) is 38.8 Å². The average molecular weight is 261 g/mol. The molecule has 2 unspecified atom stereocenters. The first-order valence-electron chi connectivity index (χ1n) is 6.92. The summed E-state index contributed by atoms with van der Waals surface area (Å²) in [5, 5.41) is 0. The Balaban J connectivity index is 1.60. The molecule has 0 radical (unpaired) electrons. The molecule has 0 aliphatic carbocycles. The highest BCUT2D eigenvalue weighted by atomic mass is 16.7. The summed E-state index contributed by atoms with van der Waals surface area (Å²) < 4.78 is 11.1. The molecule has 2 fully saturated rings. The molecule has 3 rings (SSSR count). The van der Waals surface area contributed by atoms with Crippen molar-refractivity contribution in [3.8, 4) is 0 Å². The molecule has 2 aliphatic heterocycles. The van der Waals surface area contributed by atoms with E-state index in [9.17, 15) is 4.79 Å². The lowest BCUT2D eigenvalue weighted by atomic mass is 10.2. The third-order valence-electron chi connectivity index (χ3n) is 3.80. The Morgan fingerprint density at radius 1 is 1.21 bits per heavy atom. The van der Waals surface area contributed by atoms with Crippen LogP contribution in [0.1, 0.15) is 24.8 Å². The zero-order chi connectivity index (χ0) is 13.1. The maximum Gasteiger partial charge on any atom is 0.309 e. The van der Waals surface area contributed by atoms with Crippen LogP contribution in [0.5, 0.6) is 0 Å². The number of esters is 1. The number of nitrogens with zero attached hydrogens (tertiary/aromatic N) is 1. The Morgan fingerprint density at radius 3 is 2.68 bits per heavy atom. The van der Waals surface area contributed by atoms with Gasteiger partial charge in [0.2, 0.25) is 6.29 Å². The lowest BCUT2D eigenvalue weighted by molar-refractivity contribution is -0.171. The van der Waals surface area contributed by atoms with Crippen LogP contribution in [0.3, 0.4) is 0 Å². The van der Waals surface area contributed by atoms with Gasteiger partial charge in [-0.3, -0.25) is 9.69 Å². The van der Waals surface area contributed by atoms with Gasteiger partial charge >= 0.3 is 5.97 Å². The van der Waals surface area contributed by atoms with Crippen molar-refractivity contribution < 1.29 is 14.3 Å². The van der Waals surface area contributed by atoms with Crippen LogP contribution in [0.25, 0.3) is 0 Å². The molecule has 0 spiro atoms. The number of cyclic esters (lactones) is 1. The number of benzene rings is 1. The number of carbonyl (C=O) groups is 1. The molecule has 4 heteroatoms. The van der Waals surface area contributed by atoms with Gasteiger partial charge in [0.05, 0.1) is 19.1 Å². The number of carbonyl (C=O) groups excluding carboxylic acids is 1. The summed E-state index contributed by atoms with van der Waals surface area (Å²) in [7, 11) is 0. The minimum absolute atomic E-state index is 0.0960. The normalized spacial score (nSPS) is 27.7. The van der Waals surface area contributed by atoms with E-state index in [1.54, 1.807) is 0 Å². The molecule has 0 amide bonds. The van der Waals surface area contributed by atoms with E-state index in [4.69, 9.17) is 9.47 Å². The van der Waals surface area contributed by atoms with E-state index in [1.165, 1.54) is 12.8 Å². The molecule has 0 aromatic heterocycles. The molecular formula is C15H19NO3. The molecule has 1 aromatic rings. The zero-order valence-corrected chi connectivity index (χ0v) is 11.0. The van der Waals surface area contributed by atoms with Crippen LogP contribution in [0.4, 0.5) is 0 Å². The van der Waals surface area contributed by atoms with Gasteiger partial charge in [-0.15, -0.1) is 0 Å². The highest BCUT2D eigenvalue weighted by molar-refractivity contribution is 5.72. The maximum atomic E-state index is 11.5. The Kier molecular flexibility index (Phi) is 3.80. The first-order chi connectivity index (χ1) is 9.33. The summed E-state index contributed by atoms with van der Waals surface area (Å²) >= 11 is 0. The van der Waals surface area contributed by atoms with E-state index < -0.39 is 6.29 Å². The van der Waals surface area contributed by atoms with E-state index >= 15 is 0 Å². The summed E-state index contributed by atoms with van der Waals surface area (Å²) in [6.07, 6.45) is 2.46. The summed E-state index contributed by atoms with van der Waals surface area (Å²) in [5.74, 6) is -0.144. The van der Waals surface area contributed by atoms with Crippen molar-refractivity contribution in [3.63, 3.8) is 0 Å². The molecule has 2 aliphatic rings. The van der Waals surface area contributed by atoms with E-state index in [0.717, 1.165) is 18.7 Å². The Hall–Kier alpha value is -1.39. The van der Waals surface area contributed by atoms with Crippen LogP contribution in [-0.2, 0) is 20.9 Å². The van der Waals surface area contributed by atoms with Gasteiger partial charge in [-0.25, -0.2) is 0 Å². The fourth-order valence-electron chi connectivity index (χ4n) is 2.80. The Morgan fingerprint density at radius 2 is 1.95 bits per heavy atom. The first-order valence-corrected chi connectivity index (χ1v) is 6.92. The molecule has 0 N–H and O–H groups in total. The largest absolute Gasteiger partial charge is 0.434 e. The summed E-state index contributed by atoms with van der Waals surface area (Å²) in [6, 6.07) is 10.1. The van der Waals surface area contributed by atoms with E-state index in [0.29, 0.717) is 13.0 Å². The van der Waals surface area contributed by atoms with Crippen molar-refractivity contribution in [1.29, 1.82) is 0 Å². The molecular weight excluding hydrogens is 242 g/mol. The van der Waals surface area contributed by atoms with Gasteiger partial charge in [0.1, 0.15) is 0 Å². The molecule has 19 heavy (non-hydrogen) atoms. The summed E-state index contributed by atoms with van der Waals surface area (Å²) in [4.78, 5) is 13.8. The van der Waals surface area contributed by atoms with Gasteiger partial charge in [-0.2, -0.15) is 0 Å². The fraction of sp³-hybridized carbons (Fsp3) is 0.533. The zero-order valence-electron chi connectivity index (χ0n) is 11.0. The minimum atomic E-state index is -0.411. The van der Waals surface area contributed by atoms with Crippen molar-refractivity contribution in [3.05, 3.63) is 35.9 Å². The smallest absolute Gasteiger partial charge is 0.309 e. The van der Waals surface area contributed by atoms with Crippen LogP contribution in [0, 0.1) is 0 Å². The number of hydrogen-bond acceptors (Lipinski definition) is 4. The highest BCUT2D eigenvalue weighted by Crippen LogP contribution is 2.26. The van der Waals surface area contributed by atoms with Gasteiger partial charge < -0.3 is 9.47 Å². The van der Waals surface area contributed by atoms with Gasteiger partial charge in [0, 0.05) is 0 Å². The number of hydrogen-bond donors (Lipinski definition) is 0. The van der Waals surface area contributed by atoms with Crippen LogP contribution in [0.2, 0.25) is 0 Å². The standard InChI is InChI=1S/C15H19NO3/c17-14-10-13(16-8-4-5-9-16)15(19-14)18-11-12-6-2-1-3-7-12/h1-3,6-7,13,15H,4-5,8-11H2. The van der Waals surface area contributed by atoms with Crippen LogP contribution in [-0.4, -0.2) is 36.3 Å².